The molecule has 2 aliphatic rings. The van der Waals surface area contributed by atoms with Gasteiger partial charge in [-0.1, -0.05) is 25.2 Å². The summed E-state index contributed by atoms with van der Waals surface area (Å²) < 4.78 is 0. The van der Waals surface area contributed by atoms with Crippen LogP contribution in [0.25, 0.3) is 0 Å². The molecule has 2 rings (SSSR count). The molecule has 1 aliphatic heterocycles. The van der Waals surface area contributed by atoms with Crippen LogP contribution in [0.5, 0.6) is 0 Å². The smallest absolute Gasteiger partial charge is 0.408 e. The lowest BCUT2D eigenvalue weighted by atomic mass is 10.0. The van der Waals surface area contributed by atoms with Crippen LogP contribution in [0.15, 0.2) is 41.1 Å². The molecule has 0 saturated carbocycles. The lowest BCUT2D eigenvalue weighted by Crippen LogP contribution is -2.45. The molecule has 1 heterocycles. The number of carbonyl (C=O) groups is 3. The molecule has 0 fully saturated rings. The second-order valence-corrected chi connectivity index (χ2v) is 6.87. The van der Waals surface area contributed by atoms with Crippen LogP contribution in [0.2, 0.25) is 0 Å². The van der Waals surface area contributed by atoms with E-state index in [1.807, 2.05) is 26.0 Å². The number of urea groups is 1. The third kappa shape index (κ3) is 6.78. The summed E-state index contributed by atoms with van der Waals surface area (Å²) >= 11 is 0. The van der Waals surface area contributed by atoms with E-state index in [2.05, 4.69) is 20.9 Å². The second kappa shape index (κ2) is 11.0. The van der Waals surface area contributed by atoms with E-state index in [0.29, 0.717) is 44.0 Å². The Morgan fingerprint density at radius 1 is 1.31 bits per heavy atom. The maximum Gasteiger partial charge on any atom is 0.408 e. The van der Waals surface area contributed by atoms with Gasteiger partial charge in [0.25, 0.3) is 5.91 Å². The zero-order valence-corrected chi connectivity index (χ0v) is 16.9. The van der Waals surface area contributed by atoms with E-state index in [-0.39, 0.29) is 17.9 Å². The number of hydrogen-bond acceptors (Lipinski definition) is 4. The van der Waals surface area contributed by atoms with Crippen molar-refractivity contribution in [1.82, 2.24) is 20.9 Å². The van der Waals surface area contributed by atoms with Crippen LogP contribution in [-0.2, 0) is 4.79 Å². The van der Waals surface area contributed by atoms with Crippen molar-refractivity contribution >= 4 is 23.7 Å². The van der Waals surface area contributed by atoms with Gasteiger partial charge in [-0.2, -0.15) is 0 Å². The average Bonchev–Trinajstić information content (AvgIpc) is 2.69. The Bertz CT molecular complexity index is 741. The normalized spacial score (nSPS) is 20.3. The number of hydrogen-bond donors (Lipinski definition) is 4. The number of allylic oxidation sites excluding steroid dienone is 2. The second-order valence-electron chi connectivity index (χ2n) is 6.87. The van der Waals surface area contributed by atoms with Crippen molar-refractivity contribution in [2.75, 3.05) is 26.2 Å². The van der Waals surface area contributed by atoms with Crippen molar-refractivity contribution in [2.24, 2.45) is 10.9 Å². The van der Waals surface area contributed by atoms with E-state index >= 15 is 0 Å². The SMILES string of the molecule is CCCN(CC1C=CC(C(=O)NC2CC=CC=C2NC(=O)O)=NC1)C(=O)NCC. The van der Waals surface area contributed by atoms with Gasteiger partial charge in [-0.25, -0.2) is 9.59 Å². The quantitative estimate of drug-likeness (QED) is 0.492. The monoisotopic (exact) mass is 403 g/mol. The number of rotatable bonds is 8. The lowest BCUT2D eigenvalue weighted by Gasteiger charge is -2.27. The van der Waals surface area contributed by atoms with Crippen LogP contribution >= 0.6 is 0 Å². The zero-order valence-electron chi connectivity index (χ0n) is 16.9. The van der Waals surface area contributed by atoms with Crippen molar-refractivity contribution in [1.29, 1.82) is 0 Å². The van der Waals surface area contributed by atoms with Gasteiger partial charge >= 0.3 is 12.1 Å². The van der Waals surface area contributed by atoms with Crippen LogP contribution in [0.4, 0.5) is 9.59 Å². The molecule has 1 aliphatic carbocycles. The summed E-state index contributed by atoms with van der Waals surface area (Å²) in [5.41, 5.74) is 0.717. The molecule has 29 heavy (non-hydrogen) atoms. The number of nitrogens with one attached hydrogen (secondary N) is 3. The molecule has 0 bridgehead atoms. The number of amides is 4. The minimum absolute atomic E-state index is 0.0439. The predicted molar refractivity (Wildman–Crippen MR) is 111 cm³/mol. The van der Waals surface area contributed by atoms with Gasteiger partial charge in [0.15, 0.2) is 0 Å². The fourth-order valence-corrected chi connectivity index (χ4v) is 3.16. The van der Waals surface area contributed by atoms with Gasteiger partial charge in [0.05, 0.1) is 6.04 Å². The maximum absolute atomic E-state index is 12.5. The van der Waals surface area contributed by atoms with Gasteiger partial charge in [0.1, 0.15) is 5.71 Å². The summed E-state index contributed by atoms with van der Waals surface area (Å²) in [6.07, 6.45) is 8.97. The molecular weight excluding hydrogens is 374 g/mol. The number of nitrogens with zero attached hydrogens (tertiary/aromatic N) is 2. The van der Waals surface area contributed by atoms with Crippen LogP contribution in [-0.4, -0.2) is 66.0 Å². The largest absolute Gasteiger partial charge is 0.465 e. The van der Waals surface area contributed by atoms with Gasteiger partial charge in [-0.05, 0) is 31.9 Å². The number of carboxylic acid groups (broad SMARTS) is 1. The highest BCUT2D eigenvalue weighted by Crippen LogP contribution is 2.13. The zero-order chi connectivity index (χ0) is 21.2. The summed E-state index contributed by atoms with van der Waals surface area (Å²) in [5.74, 6) is -0.310. The van der Waals surface area contributed by atoms with Crippen molar-refractivity contribution < 1.29 is 19.5 Å². The van der Waals surface area contributed by atoms with Crippen LogP contribution < -0.4 is 16.0 Å². The van der Waals surface area contributed by atoms with Gasteiger partial charge in [-0.3, -0.25) is 15.1 Å². The minimum Gasteiger partial charge on any atom is -0.465 e. The van der Waals surface area contributed by atoms with Crippen LogP contribution in [0.3, 0.4) is 0 Å². The number of carbonyl (C=O) groups excluding carboxylic acids is 2. The van der Waals surface area contributed by atoms with Gasteiger partial charge in [-0.15, -0.1) is 0 Å². The molecule has 4 N–H and O–H groups in total. The molecule has 0 aromatic carbocycles. The van der Waals surface area contributed by atoms with E-state index in [1.165, 1.54) is 0 Å². The number of aliphatic imine (C=N–C) groups is 1. The minimum atomic E-state index is -1.17. The molecular formula is C20H29N5O4. The molecule has 0 aromatic rings. The molecule has 0 saturated heterocycles. The third-order valence-electron chi connectivity index (χ3n) is 4.53. The Morgan fingerprint density at radius 3 is 2.72 bits per heavy atom. The van der Waals surface area contributed by atoms with Crippen molar-refractivity contribution in [3.8, 4) is 0 Å². The lowest BCUT2D eigenvalue weighted by molar-refractivity contribution is -0.115. The summed E-state index contributed by atoms with van der Waals surface area (Å²) in [5, 5.41) is 16.9. The highest BCUT2D eigenvalue weighted by Gasteiger charge is 2.23. The van der Waals surface area contributed by atoms with Gasteiger partial charge in [0, 0.05) is 37.8 Å². The Balaban J connectivity index is 1.91. The molecule has 0 aromatic heterocycles. The van der Waals surface area contributed by atoms with Gasteiger partial charge in [0.2, 0.25) is 0 Å². The van der Waals surface area contributed by atoms with Crippen LogP contribution in [0, 0.1) is 5.92 Å². The summed E-state index contributed by atoms with van der Waals surface area (Å²) in [7, 11) is 0. The highest BCUT2D eigenvalue weighted by atomic mass is 16.4. The van der Waals surface area contributed by atoms with E-state index in [1.54, 1.807) is 23.1 Å². The van der Waals surface area contributed by atoms with Crippen LogP contribution in [0.1, 0.15) is 26.7 Å². The fraction of sp³-hybridized carbons (Fsp3) is 0.500. The fourth-order valence-electron chi connectivity index (χ4n) is 3.16. The van der Waals surface area contributed by atoms with E-state index in [4.69, 9.17) is 5.11 Å². The first kappa shape index (κ1) is 22.2. The topological polar surface area (TPSA) is 123 Å². The third-order valence-corrected chi connectivity index (χ3v) is 4.53. The summed E-state index contributed by atoms with van der Waals surface area (Å²) in [6.45, 7) is 6.09. The Morgan fingerprint density at radius 2 is 2.10 bits per heavy atom. The van der Waals surface area contributed by atoms with E-state index in [9.17, 15) is 14.4 Å². The van der Waals surface area contributed by atoms with Crippen molar-refractivity contribution in [2.45, 2.75) is 32.7 Å². The molecule has 2 unspecified atom stereocenters. The molecule has 0 radical (unpaired) electrons. The van der Waals surface area contributed by atoms with E-state index in [0.717, 1.165) is 6.42 Å². The first-order valence-electron chi connectivity index (χ1n) is 9.87. The standard InChI is InChI=1S/C20H29N5O4/c1-3-11-25(19(27)21-4-2)13-14-9-10-17(22-12-14)18(26)23-15-7-5-6-8-16(15)24-20(28)29/h5-6,8-10,14-15,24H,3-4,7,11-13H2,1-2H3,(H,21,27)(H,23,26)(H,28,29). The first-order valence-corrected chi connectivity index (χ1v) is 9.87. The maximum atomic E-state index is 12.5. The van der Waals surface area contributed by atoms with Crippen molar-refractivity contribution in [3.05, 3.63) is 36.1 Å². The Kier molecular flexibility index (Phi) is 8.45. The van der Waals surface area contributed by atoms with Crippen molar-refractivity contribution in [3.63, 3.8) is 0 Å². The molecule has 158 valence electrons. The first-order chi connectivity index (χ1) is 13.9. The molecule has 0 spiro atoms. The number of dihydropyridines is 1. The Hall–Kier alpha value is -3.10. The highest BCUT2D eigenvalue weighted by molar-refractivity contribution is 6.43. The predicted octanol–water partition coefficient (Wildman–Crippen LogP) is 1.65. The molecule has 2 atom stereocenters. The molecule has 9 nitrogen and oxygen atoms in total. The van der Waals surface area contributed by atoms with E-state index < -0.39 is 12.1 Å². The Labute approximate surface area is 170 Å². The summed E-state index contributed by atoms with van der Waals surface area (Å²) in [6, 6.07) is -0.541. The molecule has 9 heteroatoms. The van der Waals surface area contributed by atoms with Gasteiger partial charge < -0.3 is 20.6 Å². The average molecular weight is 403 g/mol. The molecule has 4 amide bonds. The summed E-state index contributed by atoms with van der Waals surface area (Å²) in [4.78, 5) is 41.7.